The van der Waals surface area contributed by atoms with Gasteiger partial charge in [0.2, 0.25) is 0 Å². The van der Waals surface area contributed by atoms with Crippen molar-refractivity contribution in [3.05, 3.63) is 42.2 Å². The highest BCUT2D eigenvalue weighted by atomic mass is 31.3. The van der Waals surface area contributed by atoms with E-state index in [0.717, 1.165) is 6.33 Å². The number of pyridine rings is 1. The lowest BCUT2D eigenvalue weighted by molar-refractivity contribution is -0.765. The maximum absolute atomic E-state index is 12.5. The summed E-state index contributed by atoms with van der Waals surface area (Å²) in [5.41, 5.74) is 11.7. The summed E-state index contributed by atoms with van der Waals surface area (Å²) in [6.45, 7) is -0.642. The van der Waals surface area contributed by atoms with E-state index in [2.05, 4.69) is 28.3 Å². The van der Waals surface area contributed by atoms with E-state index in [1.807, 2.05) is 0 Å². The second kappa shape index (κ2) is 13.9. The molecule has 0 aliphatic carbocycles. The van der Waals surface area contributed by atoms with Crippen molar-refractivity contribution in [1.82, 2.24) is 19.5 Å². The number of carbonyl (C=O) groups is 2. The van der Waals surface area contributed by atoms with Gasteiger partial charge in [-0.15, -0.1) is 0 Å². The molecule has 2 fully saturated rings. The van der Waals surface area contributed by atoms with Crippen LogP contribution in [-0.4, -0.2) is 106 Å². The summed E-state index contributed by atoms with van der Waals surface area (Å²) in [6, 6.07) is 1.38. The van der Waals surface area contributed by atoms with E-state index in [1.165, 1.54) is 40.8 Å². The molecule has 24 heteroatoms. The van der Waals surface area contributed by atoms with E-state index in [4.69, 9.17) is 20.9 Å². The van der Waals surface area contributed by atoms with Crippen LogP contribution in [0.15, 0.2) is 31.1 Å². The number of ketones is 1. The van der Waals surface area contributed by atoms with Crippen molar-refractivity contribution in [3.8, 4) is 0 Å². The zero-order chi connectivity index (χ0) is 35.1. The Morgan fingerprint density at radius 2 is 1.71 bits per heavy atom. The number of fused-ring (bicyclic) bond motifs is 1. The van der Waals surface area contributed by atoms with Gasteiger partial charge in [-0.3, -0.25) is 23.2 Å². The molecule has 0 bridgehead atoms. The zero-order valence-corrected chi connectivity index (χ0v) is 26.5. The molecule has 9 N–H and O–H groups in total. The van der Waals surface area contributed by atoms with Crippen molar-refractivity contribution in [3.63, 3.8) is 0 Å². The van der Waals surface area contributed by atoms with E-state index in [-0.39, 0.29) is 34.7 Å². The Hall–Kier alpha value is -3.34. The molecule has 5 heterocycles. The summed E-state index contributed by atoms with van der Waals surface area (Å²) in [7, 11) is -11.1. The third-order valence-electron chi connectivity index (χ3n) is 7.41. The topological polar surface area (TPSA) is 338 Å². The number of hydrogen-bond acceptors (Lipinski definition) is 18. The summed E-state index contributed by atoms with van der Waals surface area (Å²) >= 11 is 0. The van der Waals surface area contributed by atoms with Gasteiger partial charge in [-0.25, -0.2) is 23.8 Å². The number of aromatic nitrogens is 5. The highest BCUT2D eigenvalue weighted by molar-refractivity contribution is 7.60. The molecule has 2 aliphatic heterocycles. The van der Waals surface area contributed by atoms with E-state index in [9.17, 15) is 48.9 Å². The van der Waals surface area contributed by atoms with E-state index < -0.39 is 83.8 Å². The fourth-order valence-corrected chi connectivity index (χ4v) is 7.17. The van der Waals surface area contributed by atoms with Crippen molar-refractivity contribution in [2.75, 3.05) is 18.9 Å². The number of carbonyl (C=O) groups excluding carboxylic acids is 2. The summed E-state index contributed by atoms with van der Waals surface area (Å²) in [5.74, 6) is -1.10. The smallest absolute Gasteiger partial charge is 0.478 e. The van der Waals surface area contributed by atoms with E-state index >= 15 is 0 Å². The van der Waals surface area contributed by atoms with Gasteiger partial charge in [-0.2, -0.15) is 4.57 Å². The van der Waals surface area contributed by atoms with Crippen molar-refractivity contribution >= 4 is 44.3 Å². The highest BCUT2D eigenvalue weighted by Gasteiger charge is 2.49. The Kier molecular flexibility index (Phi) is 10.4. The first-order valence-electron chi connectivity index (χ1n) is 13.9. The minimum atomic E-state index is -5.67. The van der Waals surface area contributed by atoms with Crippen LogP contribution < -0.4 is 20.9 Å². The highest BCUT2D eigenvalue weighted by Crippen LogP contribution is 2.58. The van der Waals surface area contributed by atoms with E-state index in [1.54, 1.807) is 0 Å². The third-order valence-corrected chi connectivity index (χ3v) is 9.97. The molecule has 22 nitrogen and oxygen atoms in total. The molecule has 2 saturated heterocycles. The molecular weight excluding hydrogens is 688 g/mol. The molecule has 2 unspecified atom stereocenters. The molecule has 0 aromatic carbocycles. The number of ether oxygens (including phenoxy) is 2. The fraction of sp³-hybridized carbons (Fsp3) is 0.500. The van der Waals surface area contributed by atoms with Crippen LogP contribution in [0.5, 0.6) is 0 Å². The minimum Gasteiger partial charge on any atom is -0.756 e. The van der Waals surface area contributed by atoms with E-state index in [0.29, 0.717) is 5.56 Å². The molecular formula is C24H31N7O15P2. The monoisotopic (exact) mass is 719 g/mol. The number of aliphatic hydroxyl groups excluding tert-OH is 4. The summed E-state index contributed by atoms with van der Waals surface area (Å²) < 4.78 is 51.8. The number of imidazole rings is 1. The number of rotatable bonds is 13. The van der Waals surface area contributed by atoms with Crippen molar-refractivity contribution in [2.45, 2.75) is 62.4 Å². The standard InChI is InChI=1S/C24H31N7O15P2/c1-10(32)4-11-2-3-30(5-12(11)21(26)37)23-18(35)16(33)13(44-23)6-42-47(38,39)46-48(40,41)43-7-14-17(34)19(36)24(45-14)31-9-29-15-20(25)27-8-28-22(15)31/h2-3,5,8-9,13-14,16-19,23-24,33-36H,4,6-7H2,1H3,(H5-,25,26,27,28,37,38,39,40,41)/t13-,14-,16-,17-,18+,19+,23+,24+/m0/s1. The molecule has 3 aromatic heterocycles. The number of nitrogens with two attached hydrogens (primary N) is 2. The molecule has 0 saturated carbocycles. The van der Waals surface area contributed by atoms with Gasteiger partial charge in [0.05, 0.1) is 19.5 Å². The maximum atomic E-state index is 12.5. The number of anilines is 1. The minimum absolute atomic E-state index is 0.0359. The average Bonchev–Trinajstić information content (AvgIpc) is 3.65. The van der Waals surface area contributed by atoms with Crippen LogP contribution in [0.3, 0.4) is 0 Å². The Bertz CT molecular complexity index is 1800. The molecule has 5 rings (SSSR count). The number of aliphatic hydroxyl groups is 4. The Balaban J connectivity index is 1.17. The number of primary amides is 1. The van der Waals surface area contributed by atoms with Crippen molar-refractivity contribution < 1.29 is 76.3 Å². The molecule has 2 aliphatic rings. The van der Waals surface area contributed by atoms with Crippen LogP contribution in [0.25, 0.3) is 11.2 Å². The van der Waals surface area contributed by atoms with Gasteiger partial charge < -0.3 is 55.7 Å². The first kappa shape index (κ1) is 36.0. The van der Waals surface area contributed by atoms with Gasteiger partial charge in [-0.05, 0) is 12.5 Å². The van der Waals surface area contributed by atoms with Gasteiger partial charge in [0.1, 0.15) is 53.7 Å². The molecule has 48 heavy (non-hydrogen) atoms. The number of nitrogens with zero attached hydrogens (tertiary/aromatic N) is 5. The number of nitrogen functional groups attached to an aromatic ring is 1. The van der Waals surface area contributed by atoms with Gasteiger partial charge >= 0.3 is 7.82 Å². The Morgan fingerprint density at radius 1 is 1.04 bits per heavy atom. The number of hydrogen-bond donors (Lipinski definition) is 7. The van der Waals surface area contributed by atoms with Crippen LogP contribution >= 0.6 is 15.6 Å². The number of amides is 1. The maximum Gasteiger partial charge on any atom is 0.478 e. The fourth-order valence-electron chi connectivity index (χ4n) is 5.12. The second-order valence-corrected chi connectivity index (χ2v) is 13.8. The Morgan fingerprint density at radius 3 is 2.40 bits per heavy atom. The van der Waals surface area contributed by atoms with Crippen molar-refractivity contribution in [1.29, 1.82) is 0 Å². The SMILES string of the molecule is CC(=O)Cc1cc[n+]([C@@H]2O[C@@H](COP(=O)([O-])OP(=O)(O)OC[C@@H]3O[C@@H](n4cnc5c(N)ncnc54)[C@H](O)[C@H]3O)[C@H](O)[C@H]2O)cc1C(N)=O. The van der Waals surface area contributed by atoms with Gasteiger partial charge in [-0.1, -0.05) is 0 Å². The largest absolute Gasteiger partial charge is 0.756 e. The predicted octanol–water partition coefficient (Wildman–Crippen LogP) is -3.52. The van der Waals surface area contributed by atoms with Crippen molar-refractivity contribution in [2.24, 2.45) is 5.73 Å². The quantitative estimate of drug-likeness (QED) is 0.0665. The third kappa shape index (κ3) is 7.61. The first-order chi connectivity index (χ1) is 22.5. The first-order valence-corrected chi connectivity index (χ1v) is 16.9. The van der Waals surface area contributed by atoms with Crippen LogP contribution in [0.2, 0.25) is 0 Å². The molecule has 0 spiro atoms. The summed E-state index contributed by atoms with van der Waals surface area (Å²) in [4.78, 5) is 57.7. The van der Waals surface area contributed by atoms with Crippen LogP contribution in [0.1, 0.15) is 35.3 Å². The van der Waals surface area contributed by atoms with Gasteiger partial charge in [0, 0.05) is 12.5 Å². The lowest BCUT2D eigenvalue weighted by Crippen LogP contribution is -2.46. The lowest BCUT2D eigenvalue weighted by atomic mass is 10.0. The zero-order valence-electron chi connectivity index (χ0n) is 24.7. The van der Waals surface area contributed by atoms with Crippen LogP contribution in [0.4, 0.5) is 5.82 Å². The lowest BCUT2D eigenvalue weighted by Gasteiger charge is -2.26. The summed E-state index contributed by atoms with van der Waals surface area (Å²) in [6.07, 6.45) is -7.66. The van der Waals surface area contributed by atoms with Crippen LogP contribution in [-0.2, 0) is 43.2 Å². The predicted molar refractivity (Wildman–Crippen MR) is 152 cm³/mol. The van der Waals surface area contributed by atoms with Gasteiger partial charge in [0.15, 0.2) is 36.2 Å². The average molecular weight is 719 g/mol. The molecule has 10 atom stereocenters. The molecule has 0 radical (unpaired) electrons. The number of phosphoric ester groups is 2. The summed E-state index contributed by atoms with van der Waals surface area (Å²) in [5, 5.41) is 41.9. The Labute approximate surface area is 269 Å². The normalized spacial score (nSPS) is 29.9. The number of Topliss-reactive ketones (excluding diaryl/α,β-unsaturated/α-hetero) is 1. The van der Waals surface area contributed by atoms with Gasteiger partial charge in [0.25, 0.3) is 20.0 Å². The number of phosphoric acid groups is 2. The molecule has 1 amide bonds. The molecule has 262 valence electrons. The molecule has 3 aromatic rings. The second-order valence-electron chi connectivity index (χ2n) is 10.8. The van der Waals surface area contributed by atoms with Crippen LogP contribution in [0, 0.1) is 0 Å².